The lowest BCUT2D eigenvalue weighted by Gasteiger charge is -2.19. The molecule has 0 radical (unpaired) electrons. The van der Waals surface area contributed by atoms with Gasteiger partial charge in [-0.3, -0.25) is 4.90 Å². The number of amides is 2. The minimum Gasteiger partial charge on any atom is -0.351 e. The zero-order chi connectivity index (χ0) is 11.8. The van der Waals surface area contributed by atoms with Crippen LogP contribution in [0.15, 0.2) is 11.6 Å². The summed E-state index contributed by atoms with van der Waals surface area (Å²) in [4.78, 5) is 19.6. The van der Waals surface area contributed by atoms with E-state index in [1.54, 1.807) is 16.2 Å². The van der Waals surface area contributed by atoms with E-state index in [0.29, 0.717) is 11.8 Å². The highest BCUT2D eigenvalue weighted by Gasteiger charge is 2.40. The van der Waals surface area contributed by atoms with Gasteiger partial charge in [0, 0.05) is 37.8 Å². The highest BCUT2D eigenvalue weighted by atomic mass is 32.1. The van der Waals surface area contributed by atoms with Crippen molar-refractivity contribution in [3.63, 3.8) is 0 Å². The highest BCUT2D eigenvalue weighted by Crippen LogP contribution is 2.31. The number of urea groups is 1. The standard InChI is InChI=1S/C11H16N4OS/c12-11(16)15-5-8-3-14(4-9(8)6-15)7-10-13-1-2-17-10/h1-2,8-9H,3-7H2,(H2,12,16)/t8-,9+. The molecule has 6 heteroatoms. The maximum Gasteiger partial charge on any atom is 0.314 e. The fourth-order valence-corrected chi connectivity index (χ4v) is 3.58. The second-order valence-electron chi connectivity index (χ2n) is 4.88. The summed E-state index contributed by atoms with van der Waals surface area (Å²) in [5, 5.41) is 3.19. The van der Waals surface area contributed by atoms with E-state index < -0.39 is 0 Å². The SMILES string of the molecule is NC(=O)N1C[C@H]2CN(Cc3nccs3)C[C@H]2C1. The molecule has 2 fully saturated rings. The lowest BCUT2D eigenvalue weighted by molar-refractivity contribution is 0.208. The number of thiazole rings is 1. The Labute approximate surface area is 104 Å². The van der Waals surface area contributed by atoms with Crippen LogP contribution in [0.25, 0.3) is 0 Å². The average molecular weight is 252 g/mol. The van der Waals surface area contributed by atoms with Crippen molar-refractivity contribution >= 4 is 17.4 Å². The molecule has 3 heterocycles. The van der Waals surface area contributed by atoms with Crippen LogP contribution in [-0.2, 0) is 6.54 Å². The molecule has 2 aliphatic heterocycles. The third kappa shape index (κ3) is 2.14. The number of likely N-dealkylation sites (tertiary alicyclic amines) is 2. The number of rotatable bonds is 2. The molecule has 0 aromatic carbocycles. The molecule has 3 rings (SSSR count). The number of nitrogens with zero attached hydrogens (tertiary/aromatic N) is 3. The minimum atomic E-state index is -0.272. The number of hydrogen-bond donors (Lipinski definition) is 1. The van der Waals surface area contributed by atoms with Gasteiger partial charge in [-0.15, -0.1) is 11.3 Å². The van der Waals surface area contributed by atoms with E-state index in [-0.39, 0.29) is 6.03 Å². The predicted molar refractivity (Wildman–Crippen MR) is 65.5 cm³/mol. The number of fused-ring (bicyclic) bond motifs is 1. The maximum atomic E-state index is 11.1. The topological polar surface area (TPSA) is 62.5 Å². The third-order valence-electron chi connectivity index (χ3n) is 3.72. The molecule has 17 heavy (non-hydrogen) atoms. The van der Waals surface area contributed by atoms with Crippen LogP contribution in [0.3, 0.4) is 0 Å². The predicted octanol–water partition coefficient (Wildman–Crippen LogP) is 0.585. The molecule has 1 aromatic rings. The smallest absolute Gasteiger partial charge is 0.314 e. The number of carbonyl (C=O) groups is 1. The zero-order valence-corrected chi connectivity index (χ0v) is 10.4. The zero-order valence-electron chi connectivity index (χ0n) is 9.58. The molecule has 92 valence electrons. The Balaban J connectivity index is 1.57. The van der Waals surface area contributed by atoms with E-state index >= 15 is 0 Å². The minimum absolute atomic E-state index is 0.272. The van der Waals surface area contributed by atoms with E-state index in [0.717, 1.165) is 32.7 Å². The van der Waals surface area contributed by atoms with Crippen LogP contribution < -0.4 is 5.73 Å². The van der Waals surface area contributed by atoms with Gasteiger partial charge in [-0.1, -0.05) is 0 Å². The molecule has 2 atom stereocenters. The average Bonchev–Trinajstić information content (AvgIpc) is 2.91. The molecule has 1 aromatic heterocycles. The van der Waals surface area contributed by atoms with Gasteiger partial charge in [0.1, 0.15) is 5.01 Å². The highest BCUT2D eigenvalue weighted by molar-refractivity contribution is 7.09. The third-order valence-corrected chi connectivity index (χ3v) is 4.48. The molecular formula is C11H16N4OS. The summed E-state index contributed by atoms with van der Waals surface area (Å²) in [6.07, 6.45) is 1.85. The van der Waals surface area contributed by atoms with Gasteiger partial charge < -0.3 is 10.6 Å². The van der Waals surface area contributed by atoms with Gasteiger partial charge in [0.2, 0.25) is 0 Å². The molecular weight excluding hydrogens is 236 g/mol. The Bertz CT molecular complexity index is 394. The summed E-state index contributed by atoms with van der Waals surface area (Å²) in [5.74, 6) is 1.20. The van der Waals surface area contributed by atoms with Gasteiger partial charge in [0.05, 0.1) is 6.54 Å². The Hall–Kier alpha value is -1.14. The van der Waals surface area contributed by atoms with Crippen LogP contribution in [0.5, 0.6) is 0 Å². The van der Waals surface area contributed by atoms with Crippen LogP contribution in [0.4, 0.5) is 4.79 Å². The van der Waals surface area contributed by atoms with Crippen molar-refractivity contribution in [2.45, 2.75) is 6.54 Å². The second kappa shape index (κ2) is 4.27. The molecule has 2 amide bonds. The van der Waals surface area contributed by atoms with Gasteiger partial charge in [0.15, 0.2) is 0 Å². The van der Waals surface area contributed by atoms with Crippen molar-refractivity contribution in [3.8, 4) is 0 Å². The van der Waals surface area contributed by atoms with Gasteiger partial charge in [-0.25, -0.2) is 9.78 Å². The first-order valence-electron chi connectivity index (χ1n) is 5.87. The fraction of sp³-hybridized carbons (Fsp3) is 0.636. The molecule has 2 N–H and O–H groups in total. The Morgan fingerprint density at radius 1 is 1.41 bits per heavy atom. The van der Waals surface area contributed by atoms with Crippen molar-refractivity contribution in [2.75, 3.05) is 26.2 Å². The van der Waals surface area contributed by atoms with Gasteiger partial charge in [0.25, 0.3) is 0 Å². The molecule has 2 aliphatic rings. The number of aromatic nitrogens is 1. The van der Waals surface area contributed by atoms with E-state index in [9.17, 15) is 4.79 Å². The van der Waals surface area contributed by atoms with Crippen molar-refractivity contribution in [2.24, 2.45) is 17.6 Å². The number of nitrogens with two attached hydrogens (primary N) is 1. The first-order chi connectivity index (χ1) is 8.22. The summed E-state index contributed by atoms with van der Waals surface area (Å²) < 4.78 is 0. The van der Waals surface area contributed by atoms with Crippen LogP contribution in [0.2, 0.25) is 0 Å². The van der Waals surface area contributed by atoms with E-state index in [4.69, 9.17) is 5.73 Å². The summed E-state index contributed by atoms with van der Waals surface area (Å²) in [6.45, 7) is 4.73. The first-order valence-corrected chi connectivity index (χ1v) is 6.75. The lowest BCUT2D eigenvalue weighted by Crippen LogP contribution is -2.36. The van der Waals surface area contributed by atoms with Crippen molar-refractivity contribution in [1.29, 1.82) is 0 Å². The first kappa shape index (κ1) is 11.0. The second-order valence-corrected chi connectivity index (χ2v) is 5.86. The van der Waals surface area contributed by atoms with Gasteiger partial charge in [-0.2, -0.15) is 0 Å². The Kier molecular flexibility index (Phi) is 2.76. The Morgan fingerprint density at radius 2 is 2.12 bits per heavy atom. The molecule has 0 aliphatic carbocycles. The monoisotopic (exact) mass is 252 g/mol. The molecule has 0 spiro atoms. The number of hydrogen-bond acceptors (Lipinski definition) is 4. The molecule has 0 saturated carbocycles. The molecule has 2 saturated heterocycles. The lowest BCUT2D eigenvalue weighted by atomic mass is 10.0. The Morgan fingerprint density at radius 3 is 2.65 bits per heavy atom. The quantitative estimate of drug-likeness (QED) is 0.837. The van der Waals surface area contributed by atoms with Gasteiger partial charge >= 0.3 is 6.03 Å². The van der Waals surface area contributed by atoms with E-state index in [1.165, 1.54) is 5.01 Å². The summed E-state index contributed by atoms with van der Waals surface area (Å²) in [5.41, 5.74) is 5.31. The summed E-state index contributed by atoms with van der Waals surface area (Å²) in [6, 6.07) is -0.272. The van der Waals surface area contributed by atoms with E-state index in [1.807, 2.05) is 11.6 Å². The maximum absolute atomic E-state index is 11.1. The van der Waals surface area contributed by atoms with Crippen LogP contribution in [0, 0.1) is 11.8 Å². The van der Waals surface area contributed by atoms with Crippen molar-refractivity contribution < 1.29 is 4.79 Å². The molecule has 0 bridgehead atoms. The van der Waals surface area contributed by atoms with Gasteiger partial charge in [-0.05, 0) is 11.8 Å². The van der Waals surface area contributed by atoms with Crippen LogP contribution in [0.1, 0.15) is 5.01 Å². The van der Waals surface area contributed by atoms with Crippen molar-refractivity contribution in [1.82, 2.24) is 14.8 Å². The normalized spacial score (nSPS) is 28.6. The largest absolute Gasteiger partial charge is 0.351 e. The van der Waals surface area contributed by atoms with E-state index in [2.05, 4.69) is 9.88 Å². The number of primary amides is 1. The fourth-order valence-electron chi connectivity index (χ4n) is 2.92. The summed E-state index contributed by atoms with van der Waals surface area (Å²) >= 11 is 1.71. The van der Waals surface area contributed by atoms with Crippen LogP contribution in [-0.4, -0.2) is 47.0 Å². The number of carbonyl (C=O) groups excluding carboxylic acids is 1. The van der Waals surface area contributed by atoms with Crippen LogP contribution >= 0.6 is 11.3 Å². The van der Waals surface area contributed by atoms with Crippen molar-refractivity contribution in [3.05, 3.63) is 16.6 Å². The molecule has 0 unspecified atom stereocenters. The summed E-state index contributed by atoms with van der Waals surface area (Å²) in [7, 11) is 0. The molecule has 5 nitrogen and oxygen atoms in total.